The van der Waals surface area contributed by atoms with Gasteiger partial charge in [-0.05, 0) is 39.3 Å². The lowest BCUT2D eigenvalue weighted by Crippen LogP contribution is -2.39. The minimum Gasteiger partial charge on any atom is -0.489 e. The summed E-state index contributed by atoms with van der Waals surface area (Å²) < 4.78 is 5.73. The maximum atomic E-state index is 12.0. The second kappa shape index (κ2) is 5.84. The van der Waals surface area contributed by atoms with Gasteiger partial charge in [0.25, 0.3) is 0 Å². The van der Waals surface area contributed by atoms with E-state index in [1.807, 2.05) is 39.0 Å². The molecule has 0 saturated carbocycles. The van der Waals surface area contributed by atoms with E-state index < -0.39 is 0 Å². The molecule has 1 heterocycles. The molecule has 0 bridgehead atoms. The number of amides is 1. The molecule has 0 spiro atoms. The lowest BCUT2D eigenvalue weighted by atomic mass is 9.89. The Balaban J connectivity index is 2.22. The van der Waals surface area contributed by atoms with Gasteiger partial charge in [0.2, 0.25) is 5.91 Å². The molecule has 0 aromatic heterocycles. The van der Waals surface area contributed by atoms with Crippen molar-refractivity contribution in [1.29, 1.82) is 0 Å². The second-order valence-electron chi connectivity index (χ2n) is 6.17. The zero-order chi connectivity index (χ0) is 15.6. The summed E-state index contributed by atoms with van der Waals surface area (Å²) in [4.78, 5) is 14.2. The molecule has 0 radical (unpaired) electrons. The highest BCUT2D eigenvalue weighted by molar-refractivity contribution is 5.84. The number of para-hydroxylation sites is 1. The molecule has 1 aliphatic rings. The van der Waals surface area contributed by atoms with Crippen LogP contribution in [0, 0.1) is 5.41 Å². The molecule has 5 heteroatoms. The van der Waals surface area contributed by atoms with Crippen molar-refractivity contribution < 1.29 is 9.53 Å². The summed E-state index contributed by atoms with van der Waals surface area (Å²) in [7, 11) is 1.68. The number of ether oxygens (including phenoxy) is 1. The van der Waals surface area contributed by atoms with Crippen LogP contribution >= 0.6 is 0 Å². The maximum absolute atomic E-state index is 12.0. The van der Waals surface area contributed by atoms with Crippen LogP contribution in [-0.4, -0.2) is 32.1 Å². The van der Waals surface area contributed by atoms with Crippen LogP contribution in [0.15, 0.2) is 18.2 Å². The van der Waals surface area contributed by atoms with Gasteiger partial charge >= 0.3 is 0 Å². The number of nitrogens with two attached hydrogens (primary N) is 1. The molecule has 1 fully saturated rings. The van der Waals surface area contributed by atoms with Crippen molar-refractivity contribution in [2.24, 2.45) is 5.41 Å². The maximum Gasteiger partial charge on any atom is 0.227 e. The Morgan fingerprint density at radius 2 is 2.19 bits per heavy atom. The number of hydrogen-bond donors (Lipinski definition) is 2. The summed E-state index contributed by atoms with van der Waals surface area (Å²) in [6, 6.07) is 5.81. The average Bonchev–Trinajstić information content (AvgIpc) is 2.83. The third kappa shape index (κ3) is 3.06. The van der Waals surface area contributed by atoms with Gasteiger partial charge in [-0.25, -0.2) is 0 Å². The van der Waals surface area contributed by atoms with Crippen molar-refractivity contribution in [3.05, 3.63) is 18.2 Å². The largest absolute Gasteiger partial charge is 0.489 e. The summed E-state index contributed by atoms with van der Waals surface area (Å²) >= 11 is 0. The second-order valence-corrected chi connectivity index (χ2v) is 6.17. The van der Waals surface area contributed by atoms with Gasteiger partial charge in [-0.1, -0.05) is 6.07 Å². The van der Waals surface area contributed by atoms with Gasteiger partial charge in [0, 0.05) is 20.1 Å². The molecule has 0 aliphatic carbocycles. The van der Waals surface area contributed by atoms with Gasteiger partial charge < -0.3 is 20.7 Å². The third-order valence-corrected chi connectivity index (χ3v) is 4.00. The van der Waals surface area contributed by atoms with Crippen LogP contribution < -0.4 is 20.7 Å². The summed E-state index contributed by atoms with van der Waals surface area (Å²) in [6.45, 7) is 7.44. The third-order valence-electron chi connectivity index (χ3n) is 4.00. The van der Waals surface area contributed by atoms with E-state index in [1.165, 1.54) is 0 Å². The summed E-state index contributed by atoms with van der Waals surface area (Å²) in [6.07, 6.45) is 0.902. The SMILES string of the molecule is CNC(=O)C1(C)CCN(c2cccc(OC(C)C)c2N)C1. The number of rotatable bonds is 4. The zero-order valence-electron chi connectivity index (χ0n) is 13.3. The Bertz CT molecular complexity index is 530. The molecule has 1 aromatic rings. The van der Waals surface area contributed by atoms with Crippen LogP contribution in [0.25, 0.3) is 0 Å². The van der Waals surface area contributed by atoms with E-state index in [0.717, 1.165) is 18.7 Å². The van der Waals surface area contributed by atoms with Gasteiger partial charge in [0.15, 0.2) is 0 Å². The molecular weight excluding hydrogens is 266 g/mol. The van der Waals surface area contributed by atoms with Crippen LogP contribution in [0.5, 0.6) is 5.75 Å². The molecule has 2 rings (SSSR count). The smallest absolute Gasteiger partial charge is 0.227 e. The minimum absolute atomic E-state index is 0.0808. The Kier molecular flexibility index (Phi) is 4.30. The summed E-state index contributed by atoms with van der Waals surface area (Å²) in [5.41, 5.74) is 7.47. The van der Waals surface area contributed by atoms with Crippen LogP contribution in [0.3, 0.4) is 0 Å². The van der Waals surface area contributed by atoms with Crippen molar-refractivity contribution in [3.8, 4) is 5.75 Å². The first-order valence-corrected chi connectivity index (χ1v) is 7.39. The highest BCUT2D eigenvalue weighted by Gasteiger charge is 2.40. The Labute approximate surface area is 126 Å². The molecule has 1 aliphatic heterocycles. The van der Waals surface area contributed by atoms with Gasteiger partial charge in [-0.3, -0.25) is 4.79 Å². The summed E-state index contributed by atoms with van der Waals surface area (Å²) in [5, 5.41) is 2.75. The van der Waals surface area contributed by atoms with Gasteiger partial charge in [0.05, 0.1) is 22.9 Å². The van der Waals surface area contributed by atoms with Crippen molar-refractivity contribution in [2.75, 3.05) is 30.8 Å². The zero-order valence-corrected chi connectivity index (χ0v) is 13.3. The predicted octanol–water partition coefficient (Wildman–Crippen LogP) is 2.02. The van der Waals surface area contributed by atoms with Crippen molar-refractivity contribution in [2.45, 2.75) is 33.3 Å². The monoisotopic (exact) mass is 291 g/mol. The quantitative estimate of drug-likeness (QED) is 0.833. The van der Waals surface area contributed by atoms with Gasteiger partial charge in [-0.15, -0.1) is 0 Å². The van der Waals surface area contributed by atoms with Crippen molar-refractivity contribution in [1.82, 2.24) is 5.32 Å². The molecule has 116 valence electrons. The highest BCUT2D eigenvalue weighted by atomic mass is 16.5. The fourth-order valence-corrected chi connectivity index (χ4v) is 2.82. The van der Waals surface area contributed by atoms with E-state index >= 15 is 0 Å². The number of hydrogen-bond acceptors (Lipinski definition) is 4. The van der Waals surface area contributed by atoms with Crippen molar-refractivity contribution in [3.63, 3.8) is 0 Å². The molecule has 1 atom stereocenters. The van der Waals surface area contributed by atoms with Gasteiger partial charge in [-0.2, -0.15) is 0 Å². The molecule has 1 amide bonds. The fourth-order valence-electron chi connectivity index (χ4n) is 2.82. The fraction of sp³-hybridized carbons (Fsp3) is 0.562. The number of anilines is 2. The van der Waals surface area contributed by atoms with E-state index in [1.54, 1.807) is 7.05 Å². The van der Waals surface area contributed by atoms with E-state index in [4.69, 9.17) is 10.5 Å². The minimum atomic E-state index is -0.365. The number of benzene rings is 1. The van der Waals surface area contributed by atoms with E-state index in [9.17, 15) is 4.79 Å². The standard InChI is InChI=1S/C16H25N3O2/c1-11(2)21-13-7-5-6-12(14(13)17)19-9-8-16(3,10-19)15(20)18-4/h5-7,11H,8-10,17H2,1-4H3,(H,18,20). The molecule has 1 saturated heterocycles. The molecule has 1 aromatic carbocycles. The van der Waals surface area contributed by atoms with Gasteiger partial charge in [0.1, 0.15) is 5.75 Å². The van der Waals surface area contributed by atoms with Crippen molar-refractivity contribution >= 4 is 17.3 Å². The molecular formula is C16H25N3O2. The lowest BCUT2D eigenvalue weighted by Gasteiger charge is -2.25. The number of nitrogen functional groups attached to an aromatic ring is 1. The van der Waals surface area contributed by atoms with Crippen LogP contribution in [0.1, 0.15) is 27.2 Å². The van der Waals surface area contributed by atoms with Crippen LogP contribution in [0.2, 0.25) is 0 Å². The molecule has 3 N–H and O–H groups in total. The number of nitrogens with zero attached hydrogens (tertiary/aromatic N) is 1. The number of nitrogens with one attached hydrogen (secondary N) is 1. The first-order valence-electron chi connectivity index (χ1n) is 7.39. The van der Waals surface area contributed by atoms with E-state index in [2.05, 4.69) is 10.2 Å². The Morgan fingerprint density at radius 3 is 2.81 bits per heavy atom. The summed E-state index contributed by atoms with van der Waals surface area (Å²) in [5.74, 6) is 0.786. The molecule has 21 heavy (non-hydrogen) atoms. The highest BCUT2D eigenvalue weighted by Crippen LogP contribution is 2.39. The van der Waals surface area contributed by atoms with E-state index in [0.29, 0.717) is 18.0 Å². The Hall–Kier alpha value is -1.91. The van der Waals surface area contributed by atoms with E-state index in [-0.39, 0.29) is 17.4 Å². The molecule has 1 unspecified atom stereocenters. The molecule has 5 nitrogen and oxygen atoms in total. The number of carbonyl (C=O) groups excluding carboxylic acids is 1. The normalized spacial score (nSPS) is 21.7. The first kappa shape index (κ1) is 15.5. The van der Waals surface area contributed by atoms with Crippen LogP contribution in [-0.2, 0) is 4.79 Å². The lowest BCUT2D eigenvalue weighted by molar-refractivity contribution is -0.128. The first-order chi connectivity index (χ1) is 9.87. The Morgan fingerprint density at radius 1 is 1.48 bits per heavy atom. The predicted molar refractivity (Wildman–Crippen MR) is 85.6 cm³/mol. The van der Waals surface area contributed by atoms with Crippen LogP contribution in [0.4, 0.5) is 11.4 Å². The number of carbonyl (C=O) groups is 1. The average molecular weight is 291 g/mol. The topological polar surface area (TPSA) is 67.6 Å².